The van der Waals surface area contributed by atoms with Crippen LogP contribution in [-0.2, 0) is 4.79 Å². The Morgan fingerprint density at radius 3 is 2.90 bits per heavy atom. The lowest BCUT2D eigenvalue weighted by Gasteiger charge is -2.09. The van der Waals surface area contributed by atoms with Gasteiger partial charge in [-0.15, -0.1) is 0 Å². The molecule has 0 aliphatic carbocycles. The van der Waals surface area contributed by atoms with Crippen LogP contribution in [0.5, 0.6) is 5.75 Å². The first-order valence-electron chi connectivity index (χ1n) is 6.71. The normalized spacial score (nSPS) is 10.7. The summed E-state index contributed by atoms with van der Waals surface area (Å²) < 4.78 is 0. The van der Waals surface area contributed by atoms with E-state index >= 15 is 0 Å². The summed E-state index contributed by atoms with van der Waals surface area (Å²) in [5.74, 6) is 1.33. The molecule has 1 amide bonds. The number of fused-ring (bicyclic) bond motifs is 1. The van der Waals surface area contributed by atoms with Gasteiger partial charge in [-0.3, -0.25) is 4.79 Å². The minimum atomic E-state index is 0.0296. The number of nitrogens with one attached hydrogen (secondary N) is 1. The third kappa shape index (κ3) is 3.90. The monoisotopic (exact) mass is 289 g/mol. The highest BCUT2D eigenvalue weighted by Crippen LogP contribution is 2.27. The van der Waals surface area contributed by atoms with Crippen molar-refractivity contribution in [2.24, 2.45) is 0 Å². The Morgan fingerprint density at radius 2 is 2.10 bits per heavy atom. The maximum Gasteiger partial charge on any atom is 0.224 e. The number of benzene rings is 2. The Hall–Kier alpha value is -1.68. The molecule has 2 aromatic carbocycles. The molecule has 2 rings (SSSR count). The first-order valence-corrected chi connectivity index (χ1v) is 8.10. The number of anilines is 1. The van der Waals surface area contributed by atoms with E-state index in [4.69, 9.17) is 0 Å². The van der Waals surface area contributed by atoms with Gasteiger partial charge in [-0.2, -0.15) is 11.8 Å². The van der Waals surface area contributed by atoms with Crippen LogP contribution < -0.4 is 5.32 Å². The smallest absolute Gasteiger partial charge is 0.224 e. The second kappa shape index (κ2) is 7.20. The summed E-state index contributed by atoms with van der Waals surface area (Å²) in [6, 6.07) is 10.9. The number of unbranched alkanes of at least 4 members (excludes halogenated alkanes) is 1. The van der Waals surface area contributed by atoms with E-state index in [-0.39, 0.29) is 11.7 Å². The highest BCUT2D eigenvalue weighted by atomic mass is 32.2. The zero-order chi connectivity index (χ0) is 14.4. The van der Waals surface area contributed by atoms with E-state index in [1.165, 1.54) is 0 Å². The van der Waals surface area contributed by atoms with Crippen LogP contribution in [0.4, 0.5) is 5.69 Å². The zero-order valence-electron chi connectivity index (χ0n) is 11.6. The average Bonchev–Trinajstić information content (AvgIpc) is 2.44. The summed E-state index contributed by atoms with van der Waals surface area (Å²) in [4.78, 5) is 11.9. The van der Waals surface area contributed by atoms with Crippen molar-refractivity contribution in [1.82, 2.24) is 0 Å². The van der Waals surface area contributed by atoms with E-state index < -0.39 is 0 Å². The first-order chi connectivity index (χ1) is 9.70. The minimum absolute atomic E-state index is 0.0296. The molecule has 0 bridgehead atoms. The number of carbonyl (C=O) groups is 1. The van der Waals surface area contributed by atoms with Crippen LogP contribution in [0.2, 0.25) is 0 Å². The van der Waals surface area contributed by atoms with Gasteiger partial charge in [-0.05, 0) is 48.4 Å². The molecule has 0 atom stereocenters. The molecule has 0 aliphatic rings. The first kappa shape index (κ1) is 14.7. The molecule has 0 unspecified atom stereocenters. The molecule has 4 heteroatoms. The third-order valence-electron chi connectivity index (χ3n) is 3.14. The van der Waals surface area contributed by atoms with Gasteiger partial charge in [-0.1, -0.05) is 18.2 Å². The Morgan fingerprint density at radius 1 is 1.25 bits per heavy atom. The van der Waals surface area contributed by atoms with Crippen LogP contribution in [0.25, 0.3) is 10.8 Å². The van der Waals surface area contributed by atoms with Gasteiger partial charge in [0.1, 0.15) is 5.75 Å². The minimum Gasteiger partial charge on any atom is -0.508 e. The molecule has 0 radical (unpaired) electrons. The molecule has 0 spiro atoms. The van der Waals surface area contributed by atoms with Gasteiger partial charge in [0.25, 0.3) is 0 Å². The summed E-state index contributed by atoms with van der Waals surface area (Å²) in [5, 5.41) is 14.4. The van der Waals surface area contributed by atoms with E-state index in [0.717, 1.165) is 35.1 Å². The number of amides is 1. The van der Waals surface area contributed by atoms with Crippen LogP contribution in [0, 0.1) is 0 Å². The standard InChI is InChI=1S/C16H19NO2S/c1-20-10-3-2-7-16(19)17-15-6-4-5-12-8-9-13(18)11-14(12)15/h4-6,8-9,11,18H,2-3,7,10H2,1H3,(H,17,19). The summed E-state index contributed by atoms with van der Waals surface area (Å²) in [7, 11) is 0. The van der Waals surface area contributed by atoms with Gasteiger partial charge in [-0.25, -0.2) is 0 Å². The fraction of sp³-hybridized carbons (Fsp3) is 0.312. The summed E-state index contributed by atoms with van der Waals surface area (Å²) in [6.07, 6.45) is 4.58. The highest BCUT2D eigenvalue weighted by molar-refractivity contribution is 7.98. The molecule has 0 fully saturated rings. The molecule has 0 saturated carbocycles. The molecular formula is C16H19NO2S. The second-order valence-corrected chi connectivity index (χ2v) is 5.69. The number of rotatable bonds is 6. The van der Waals surface area contributed by atoms with Crippen LogP contribution in [0.1, 0.15) is 19.3 Å². The number of hydrogen-bond acceptors (Lipinski definition) is 3. The molecule has 20 heavy (non-hydrogen) atoms. The SMILES string of the molecule is CSCCCCC(=O)Nc1cccc2ccc(O)cc12. The van der Waals surface area contributed by atoms with Crippen molar-refractivity contribution >= 4 is 34.1 Å². The predicted molar refractivity (Wildman–Crippen MR) is 86.5 cm³/mol. The van der Waals surface area contributed by atoms with Gasteiger partial charge in [0, 0.05) is 17.5 Å². The highest BCUT2D eigenvalue weighted by Gasteiger charge is 2.06. The molecular weight excluding hydrogens is 270 g/mol. The van der Waals surface area contributed by atoms with Gasteiger partial charge >= 0.3 is 0 Å². The second-order valence-electron chi connectivity index (χ2n) is 4.71. The fourth-order valence-corrected chi connectivity index (χ4v) is 2.61. The maximum atomic E-state index is 11.9. The quantitative estimate of drug-likeness (QED) is 0.790. The Balaban J connectivity index is 2.05. The fourth-order valence-electron chi connectivity index (χ4n) is 2.11. The predicted octanol–water partition coefficient (Wildman–Crippen LogP) is 4.02. The number of carbonyl (C=O) groups excluding carboxylic acids is 1. The topological polar surface area (TPSA) is 49.3 Å². The van der Waals surface area contributed by atoms with Gasteiger partial charge in [0.2, 0.25) is 5.91 Å². The summed E-state index contributed by atoms with van der Waals surface area (Å²) in [5.41, 5.74) is 0.758. The number of thioether (sulfide) groups is 1. The molecule has 0 saturated heterocycles. The Bertz CT molecular complexity index is 598. The Labute approximate surface area is 123 Å². The molecule has 2 N–H and O–H groups in total. The van der Waals surface area contributed by atoms with Crippen molar-refractivity contribution in [2.75, 3.05) is 17.3 Å². The molecule has 0 heterocycles. The summed E-state index contributed by atoms with van der Waals surface area (Å²) in [6.45, 7) is 0. The van der Waals surface area contributed by atoms with E-state index in [1.807, 2.05) is 24.3 Å². The zero-order valence-corrected chi connectivity index (χ0v) is 12.4. The lowest BCUT2D eigenvalue weighted by molar-refractivity contribution is -0.116. The van der Waals surface area contributed by atoms with Crippen molar-refractivity contribution in [3.8, 4) is 5.75 Å². The van der Waals surface area contributed by atoms with E-state index in [1.54, 1.807) is 23.9 Å². The van der Waals surface area contributed by atoms with E-state index in [2.05, 4.69) is 11.6 Å². The van der Waals surface area contributed by atoms with Crippen LogP contribution in [0.15, 0.2) is 36.4 Å². The van der Waals surface area contributed by atoms with Crippen molar-refractivity contribution in [3.63, 3.8) is 0 Å². The Kier molecular flexibility index (Phi) is 5.30. The molecule has 0 aliphatic heterocycles. The van der Waals surface area contributed by atoms with Gasteiger partial charge < -0.3 is 10.4 Å². The van der Waals surface area contributed by atoms with E-state index in [0.29, 0.717) is 6.42 Å². The van der Waals surface area contributed by atoms with Gasteiger partial charge in [0.05, 0.1) is 0 Å². The van der Waals surface area contributed by atoms with Gasteiger partial charge in [0.15, 0.2) is 0 Å². The van der Waals surface area contributed by atoms with Crippen molar-refractivity contribution in [3.05, 3.63) is 36.4 Å². The van der Waals surface area contributed by atoms with Crippen molar-refractivity contribution in [2.45, 2.75) is 19.3 Å². The lowest BCUT2D eigenvalue weighted by Crippen LogP contribution is -2.11. The van der Waals surface area contributed by atoms with Crippen LogP contribution >= 0.6 is 11.8 Å². The van der Waals surface area contributed by atoms with Crippen molar-refractivity contribution < 1.29 is 9.90 Å². The van der Waals surface area contributed by atoms with Crippen LogP contribution in [0.3, 0.4) is 0 Å². The number of phenols is 1. The van der Waals surface area contributed by atoms with E-state index in [9.17, 15) is 9.90 Å². The molecule has 106 valence electrons. The number of phenolic OH excluding ortho intramolecular Hbond substituents is 1. The number of aromatic hydroxyl groups is 1. The van der Waals surface area contributed by atoms with Crippen molar-refractivity contribution in [1.29, 1.82) is 0 Å². The maximum absolute atomic E-state index is 11.9. The molecule has 0 aromatic heterocycles. The number of hydrogen-bond donors (Lipinski definition) is 2. The molecule has 3 nitrogen and oxygen atoms in total. The lowest BCUT2D eigenvalue weighted by atomic mass is 10.1. The van der Waals surface area contributed by atoms with Crippen LogP contribution in [-0.4, -0.2) is 23.0 Å². The average molecular weight is 289 g/mol. The largest absolute Gasteiger partial charge is 0.508 e. The third-order valence-corrected chi connectivity index (χ3v) is 3.84. The molecule has 2 aromatic rings. The summed E-state index contributed by atoms with van der Waals surface area (Å²) >= 11 is 1.80.